The van der Waals surface area contributed by atoms with E-state index in [1.807, 2.05) is 42.9 Å². The zero-order valence-electron chi connectivity index (χ0n) is 17.1. The van der Waals surface area contributed by atoms with Crippen molar-refractivity contribution in [2.75, 3.05) is 0 Å². The molecule has 0 saturated carbocycles. The van der Waals surface area contributed by atoms with Crippen LogP contribution in [0.5, 0.6) is 0 Å². The van der Waals surface area contributed by atoms with E-state index in [2.05, 4.69) is 69.0 Å². The van der Waals surface area contributed by atoms with Gasteiger partial charge >= 0.3 is 0 Å². The number of hydrogen-bond acceptors (Lipinski definition) is 3. The summed E-state index contributed by atoms with van der Waals surface area (Å²) >= 11 is 0. The Labute approximate surface area is 180 Å². The molecular weight excluding hydrogens is 382 g/mol. The molecule has 0 aliphatic carbocycles. The lowest BCUT2D eigenvalue weighted by Gasteiger charge is -2.06. The molecule has 5 heteroatoms. The first kappa shape index (κ1) is 18.8. The van der Waals surface area contributed by atoms with E-state index in [9.17, 15) is 0 Å². The number of rotatable bonds is 5. The monoisotopic (exact) mass is 403 g/mol. The van der Waals surface area contributed by atoms with E-state index < -0.39 is 0 Å². The zero-order valence-corrected chi connectivity index (χ0v) is 17.1. The molecule has 0 amide bonds. The van der Waals surface area contributed by atoms with Gasteiger partial charge in [-0.1, -0.05) is 30.9 Å². The van der Waals surface area contributed by atoms with Crippen molar-refractivity contribution >= 4 is 16.5 Å². The van der Waals surface area contributed by atoms with Crippen molar-refractivity contribution in [2.45, 2.75) is 6.92 Å². The van der Waals surface area contributed by atoms with Gasteiger partial charge in [0, 0.05) is 47.0 Å². The number of aryl methyl sites for hydroxylation is 1. The Morgan fingerprint density at radius 2 is 1.84 bits per heavy atom. The van der Waals surface area contributed by atoms with E-state index >= 15 is 0 Å². The molecule has 4 aromatic heterocycles. The third-order valence-corrected chi connectivity index (χ3v) is 5.39. The van der Waals surface area contributed by atoms with E-state index in [0.717, 1.165) is 55.8 Å². The summed E-state index contributed by atoms with van der Waals surface area (Å²) in [4.78, 5) is 11.9. The highest BCUT2D eigenvalue weighted by Crippen LogP contribution is 2.34. The Balaban J connectivity index is 1.62. The molecule has 0 bridgehead atoms. The second-order valence-electron chi connectivity index (χ2n) is 7.35. The third-order valence-electron chi connectivity index (χ3n) is 5.39. The standard InChI is InChI=1S/C26H21N5/c1-3-5-21(20-6-4-11-28-16-20)22-15-25(29-17(22)2)26-23-14-19(7-8-24(23)30-31-26)18-9-12-27-13-10-18/h3-16,29H,1H2,2H3,(H,30,31)/b21-5-. The number of nitrogens with one attached hydrogen (secondary N) is 2. The molecule has 0 spiro atoms. The van der Waals surface area contributed by atoms with Crippen molar-refractivity contribution in [3.8, 4) is 22.5 Å². The summed E-state index contributed by atoms with van der Waals surface area (Å²) in [6.07, 6.45) is 11.1. The summed E-state index contributed by atoms with van der Waals surface area (Å²) in [5.41, 5.74) is 9.38. The van der Waals surface area contributed by atoms with Gasteiger partial charge in [-0.05, 0) is 60.0 Å². The Bertz CT molecular complexity index is 1390. The maximum absolute atomic E-state index is 4.61. The van der Waals surface area contributed by atoms with Gasteiger partial charge in [-0.3, -0.25) is 15.1 Å². The lowest BCUT2D eigenvalue weighted by Crippen LogP contribution is -1.89. The zero-order chi connectivity index (χ0) is 21.2. The molecule has 0 fully saturated rings. The lowest BCUT2D eigenvalue weighted by atomic mass is 9.98. The van der Waals surface area contributed by atoms with Crippen LogP contribution in [0.3, 0.4) is 0 Å². The van der Waals surface area contributed by atoms with Crippen molar-refractivity contribution in [3.63, 3.8) is 0 Å². The number of aromatic nitrogens is 5. The van der Waals surface area contributed by atoms with Crippen LogP contribution in [-0.4, -0.2) is 25.1 Å². The maximum Gasteiger partial charge on any atom is 0.116 e. The molecule has 150 valence electrons. The van der Waals surface area contributed by atoms with Crippen LogP contribution in [0.15, 0.2) is 92.0 Å². The van der Waals surface area contributed by atoms with Crippen molar-refractivity contribution in [2.24, 2.45) is 0 Å². The molecule has 4 heterocycles. The van der Waals surface area contributed by atoms with Gasteiger partial charge < -0.3 is 4.98 Å². The van der Waals surface area contributed by atoms with Gasteiger partial charge in [-0.2, -0.15) is 5.10 Å². The van der Waals surface area contributed by atoms with Gasteiger partial charge in [0.15, 0.2) is 0 Å². The largest absolute Gasteiger partial charge is 0.357 e. The number of aromatic amines is 2. The van der Waals surface area contributed by atoms with E-state index in [1.54, 1.807) is 12.3 Å². The molecule has 2 N–H and O–H groups in total. The van der Waals surface area contributed by atoms with E-state index in [4.69, 9.17) is 0 Å². The highest BCUT2D eigenvalue weighted by Gasteiger charge is 2.16. The van der Waals surface area contributed by atoms with Crippen LogP contribution >= 0.6 is 0 Å². The van der Waals surface area contributed by atoms with Gasteiger partial charge in [-0.15, -0.1) is 0 Å². The van der Waals surface area contributed by atoms with Crippen molar-refractivity contribution in [1.82, 2.24) is 25.1 Å². The van der Waals surface area contributed by atoms with Crippen LogP contribution in [0.25, 0.3) is 39.0 Å². The average Bonchev–Trinajstić information content (AvgIpc) is 3.41. The number of hydrogen-bond donors (Lipinski definition) is 2. The smallest absolute Gasteiger partial charge is 0.116 e. The molecular formula is C26H21N5. The second-order valence-corrected chi connectivity index (χ2v) is 7.35. The maximum atomic E-state index is 4.61. The minimum Gasteiger partial charge on any atom is -0.357 e. The predicted molar refractivity (Wildman–Crippen MR) is 125 cm³/mol. The van der Waals surface area contributed by atoms with Gasteiger partial charge in [-0.25, -0.2) is 0 Å². The van der Waals surface area contributed by atoms with Crippen LogP contribution in [0.2, 0.25) is 0 Å². The summed E-state index contributed by atoms with van der Waals surface area (Å²) < 4.78 is 0. The van der Waals surface area contributed by atoms with Crippen LogP contribution in [0, 0.1) is 6.92 Å². The number of allylic oxidation sites excluding steroid dienone is 2. The average molecular weight is 403 g/mol. The fourth-order valence-corrected chi connectivity index (χ4v) is 3.89. The Morgan fingerprint density at radius 1 is 0.968 bits per heavy atom. The summed E-state index contributed by atoms with van der Waals surface area (Å²) in [5.74, 6) is 0. The highest BCUT2D eigenvalue weighted by molar-refractivity contribution is 5.96. The third kappa shape index (κ3) is 3.46. The van der Waals surface area contributed by atoms with E-state index in [1.165, 1.54) is 0 Å². The normalized spacial score (nSPS) is 11.7. The van der Waals surface area contributed by atoms with Crippen LogP contribution in [0.1, 0.15) is 16.8 Å². The predicted octanol–water partition coefficient (Wildman–Crippen LogP) is 5.94. The minimum atomic E-state index is 0.893. The summed E-state index contributed by atoms with van der Waals surface area (Å²) in [6.45, 7) is 5.96. The SMILES string of the molecule is C=C/C=C(/c1cccnc1)c1cc(-c2n[nH]c3ccc(-c4ccncc4)cc23)[nH]c1C. The molecule has 5 nitrogen and oxygen atoms in total. The van der Waals surface area contributed by atoms with Crippen molar-refractivity contribution < 1.29 is 0 Å². The minimum absolute atomic E-state index is 0.893. The number of nitrogens with zero attached hydrogens (tertiary/aromatic N) is 3. The molecule has 0 aliphatic heterocycles. The molecule has 0 saturated heterocycles. The number of benzene rings is 1. The molecule has 0 unspecified atom stereocenters. The Kier molecular flexibility index (Phi) is 4.77. The van der Waals surface area contributed by atoms with Crippen LogP contribution in [0.4, 0.5) is 0 Å². The lowest BCUT2D eigenvalue weighted by molar-refractivity contribution is 1.11. The van der Waals surface area contributed by atoms with Crippen molar-refractivity contribution in [3.05, 3.63) is 109 Å². The van der Waals surface area contributed by atoms with E-state index in [-0.39, 0.29) is 0 Å². The highest BCUT2D eigenvalue weighted by atomic mass is 15.1. The molecule has 31 heavy (non-hydrogen) atoms. The van der Waals surface area contributed by atoms with Crippen LogP contribution < -0.4 is 0 Å². The summed E-state index contributed by atoms with van der Waals surface area (Å²) in [6, 6.07) is 16.5. The van der Waals surface area contributed by atoms with Crippen molar-refractivity contribution in [1.29, 1.82) is 0 Å². The number of pyridine rings is 2. The van der Waals surface area contributed by atoms with Gasteiger partial charge in [0.2, 0.25) is 0 Å². The number of fused-ring (bicyclic) bond motifs is 1. The fraction of sp³-hybridized carbons (Fsp3) is 0.0385. The van der Waals surface area contributed by atoms with Gasteiger partial charge in [0.05, 0.1) is 11.2 Å². The topological polar surface area (TPSA) is 70.2 Å². The summed E-state index contributed by atoms with van der Waals surface area (Å²) in [5, 5.41) is 8.84. The van der Waals surface area contributed by atoms with Gasteiger partial charge in [0.1, 0.15) is 5.69 Å². The first-order valence-electron chi connectivity index (χ1n) is 10.1. The fourth-order valence-electron chi connectivity index (χ4n) is 3.89. The van der Waals surface area contributed by atoms with Gasteiger partial charge in [0.25, 0.3) is 0 Å². The van der Waals surface area contributed by atoms with E-state index in [0.29, 0.717) is 0 Å². The second kappa shape index (κ2) is 7.88. The first-order chi connectivity index (χ1) is 15.2. The Morgan fingerprint density at radius 3 is 2.61 bits per heavy atom. The quantitative estimate of drug-likeness (QED) is 0.357. The molecule has 5 rings (SSSR count). The van der Waals surface area contributed by atoms with Crippen LogP contribution in [-0.2, 0) is 0 Å². The Hall–Kier alpha value is -4.25. The molecule has 1 aromatic carbocycles. The summed E-state index contributed by atoms with van der Waals surface area (Å²) in [7, 11) is 0. The first-order valence-corrected chi connectivity index (χ1v) is 10.1. The molecule has 5 aromatic rings. The molecule has 0 radical (unpaired) electrons. The molecule has 0 atom stereocenters. The molecule has 0 aliphatic rings. The number of H-pyrrole nitrogens is 2.